The molecule has 2 heteroatoms. The van der Waals surface area contributed by atoms with Gasteiger partial charge in [0.15, 0.2) is 6.33 Å². The van der Waals surface area contributed by atoms with Gasteiger partial charge in [0.25, 0.3) is 0 Å². The summed E-state index contributed by atoms with van der Waals surface area (Å²) in [6.45, 7) is 0. The lowest BCUT2D eigenvalue weighted by Crippen LogP contribution is -1.96. The van der Waals surface area contributed by atoms with E-state index in [0.29, 0.717) is 0 Å². The number of para-hydroxylation sites is 1. The molecule has 23 heavy (non-hydrogen) atoms. The largest absolute Gasteiger partial charge is 0.289 e. The highest BCUT2D eigenvalue weighted by molar-refractivity contribution is 5.79. The molecular formula is C21H15N2. The van der Waals surface area contributed by atoms with E-state index in [1.807, 2.05) is 59.2 Å². The molecular weight excluding hydrogens is 280 g/mol. The van der Waals surface area contributed by atoms with Crippen molar-refractivity contribution < 1.29 is 0 Å². The van der Waals surface area contributed by atoms with E-state index >= 15 is 0 Å². The normalized spacial score (nSPS) is 10.6. The average molecular weight is 295 g/mol. The van der Waals surface area contributed by atoms with E-state index in [1.165, 1.54) is 0 Å². The molecule has 0 N–H and O–H groups in total. The van der Waals surface area contributed by atoms with Crippen LogP contribution in [-0.2, 0) is 0 Å². The van der Waals surface area contributed by atoms with Crippen LogP contribution in [0.1, 0.15) is 0 Å². The van der Waals surface area contributed by atoms with Crippen LogP contribution in [0, 0.1) is 6.33 Å². The number of hydrogen-bond donors (Lipinski definition) is 0. The molecule has 0 atom stereocenters. The Kier molecular flexibility index (Phi) is 3.49. The maximum atomic E-state index is 4.58. The Bertz CT molecular complexity index is 838. The van der Waals surface area contributed by atoms with Crippen LogP contribution in [-0.4, -0.2) is 9.55 Å². The van der Waals surface area contributed by atoms with Gasteiger partial charge in [0, 0.05) is 16.8 Å². The number of nitrogens with zero attached hydrogens (tertiary/aromatic N) is 2. The van der Waals surface area contributed by atoms with Gasteiger partial charge in [-0.05, 0) is 12.1 Å². The van der Waals surface area contributed by atoms with Crippen LogP contribution >= 0.6 is 0 Å². The summed E-state index contributed by atoms with van der Waals surface area (Å²) >= 11 is 0. The molecule has 2 nitrogen and oxygen atoms in total. The summed E-state index contributed by atoms with van der Waals surface area (Å²) in [7, 11) is 0. The molecule has 109 valence electrons. The van der Waals surface area contributed by atoms with Crippen LogP contribution in [0.3, 0.4) is 0 Å². The summed E-state index contributed by atoms with van der Waals surface area (Å²) in [5.41, 5.74) is 5.28. The van der Waals surface area contributed by atoms with Gasteiger partial charge in [-0.2, -0.15) is 0 Å². The minimum atomic E-state index is 0.945. The minimum absolute atomic E-state index is 0.945. The van der Waals surface area contributed by atoms with Crippen LogP contribution in [0.2, 0.25) is 0 Å². The van der Waals surface area contributed by atoms with Gasteiger partial charge in [-0.3, -0.25) is 4.57 Å². The number of aromatic nitrogens is 2. The van der Waals surface area contributed by atoms with Crippen molar-refractivity contribution in [2.75, 3.05) is 0 Å². The van der Waals surface area contributed by atoms with Gasteiger partial charge < -0.3 is 0 Å². The van der Waals surface area contributed by atoms with E-state index in [9.17, 15) is 0 Å². The summed E-state index contributed by atoms with van der Waals surface area (Å²) in [6, 6.07) is 30.8. The zero-order chi connectivity index (χ0) is 15.5. The Morgan fingerprint density at radius 2 is 1.13 bits per heavy atom. The number of hydrogen-bond acceptors (Lipinski definition) is 1. The molecule has 0 aliphatic rings. The van der Waals surface area contributed by atoms with Gasteiger partial charge in [-0.1, -0.05) is 78.9 Å². The molecule has 0 unspecified atom stereocenters. The molecule has 3 aromatic carbocycles. The SMILES string of the molecule is [c]1nc(-c2ccccc2)c(-c2ccccc2)n1-c1ccccc1. The van der Waals surface area contributed by atoms with E-state index in [-0.39, 0.29) is 0 Å². The van der Waals surface area contributed by atoms with Gasteiger partial charge in [0.2, 0.25) is 0 Å². The molecule has 1 aromatic heterocycles. The first-order valence-electron chi connectivity index (χ1n) is 7.60. The molecule has 0 aliphatic carbocycles. The predicted octanol–water partition coefficient (Wildman–Crippen LogP) is 5.01. The molecule has 1 radical (unpaired) electrons. The number of imidazole rings is 1. The van der Waals surface area contributed by atoms with Crippen molar-refractivity contribution in [1.82, 2.24) is 9.55 Å². The molecule has 0 saturated heterocycles. The molecule has 0 saturated carbocycles. The van der Waals surface area contributed by atoms with Crippen molar-refractivity contribution >= 4 is 0 Å². The summed E-state index contributed by atoms with van der Waals surface area (Å²) in [6.07, 6.45) is 3.15. The molecule has 0 amide bonds. The lowest BCUT2D eigenvalue weighted by Gasteiger charge is -2.10. The van der Waals surface area contributed by atoms with Crippen LogP contribution in [0.25, 0.3) is 28.2 Å². The Morgan fingerprint density at radius 1 is 0.609 bits per heavy atom. The third kappa shape index (κ3) is 2.55. The fourth-order valence-corrected chi connectivity index (χ4v) is 2.73. The zero-order valence-electron chi connectivity index (χ0n) is 12.6. The summed E-state index contributed by atoms with van der Waals surface area (Å²) in [5.74, 6) is 0. The maximum Gasteiger partial charge on any atom is 0.182 e. The summed E-state index contributed by atoms with van der Waals surface area (Å²) in [4.78, 5) is 4.58. The van der Waals surface area contributed by atoms with Crippen molar-refractivity contribution in [2.45, 2.75) is 0 Å². The smallest absolute Gasteiger partial charge is 0.182 e. The van der Waals surface area contributed by atoms with Crippen LogP contribution in [0.15, 0.2) is 91.0 Å². The first-order valence-corrected chi connectivity index (χ1v) is 7.60. The summed E-state index contributed by atoms with van der Waals surface area (Å²) in [5, 5.41) is 0. The topological polar surface area (TPSA) is 17.8 Å². The first kappa shape index (κ1) is 13.5. The number of benzene rings is 3. The second-order valence-electron chi connectivity index (χ2n) is 5.31. The molecule has 1 heterocycles. The standard InChI is InChI=1S/C21H15N2/c1-4-10-17(11-5-1)20-21(18-12-6-2-7-13-18)23(16-22-20)19-14-8-3-9-15-19/h1-15H. The van der Waals surface area contributed by atoms with E-state index < -0.39 is 0 Å². The monoisotopic (exact) mass is 295 g/mol. The highest BCUT2D eigenvalue weighted by Gasteiger charge is 2.16. The van der Waals surface area contributed by atoms with Crippen LogP contribution < -0.4 is 0 Å². The predicted molar refractivity (Wildman–Crippen MR) is 93.3 cm³/mol. The van der Waals surface area contributed by atoms with Gasteiger partial charge in [-0.15, -0.1) is 0 Å². The lowest BCUT2D eigenvalue weighted by atomic mass is 10.0. The molecule has 4 rings (SSSR count). The van der Waals surface area contributed by atoms with Crippen molar-refractivity contribution in [3.63, 3.8) is 0 Å². The highest BCUT2D eigenvalue weighted by Crippen LogP contribution is 2.32. The molecule has 0 fully saturated rings. The van der Waals surface area contributed by atoms with Crippen molar-refractivity contribution in [3.8, 4) is 28.2 Å². The van der Waals surface area contributed by atoms with Crippen LogP contribution in [0.4, 0.5) is 0 Å². The fraction of sp³-hybridized carbons (Fsp3) is 0. The van der Waals surface area contributed by atoms with Gasteiger partial charge in [0.05, 0.1) is 11.4 Å². The third-order valence-corrected chi connectivity index (χ3v) is 3.82. The van der Waals surface area contributed by atoms with Gasteiger partial charge in [0.1, 0.15) is 0 Å². The third-order valence-electron chi connectivity index (χ3n) is 3.82. The molecule has 4 aromatic rings. The van der Waals surface area contributed by atoms with Gasteiger partial charge in [-0.25, -0.2) is 4.98 Å². The van der Waals surface area contributed by atoms with Crippen molar-refractivity contribution in [3.05, 3.63) is 97.3 Å². The average Bonchev–Trinajstić information content (AvgIpc) is 3.09. The highest BCUT2D eigenvalue weighted by atomic mass is 15.1. The lowest BCUT2D eigenvalue weighted by molar-refractivity contribution is 1.05. The first-order chi connectivity index (χ1) is 11.4. The fourth-order valence-electron chi connectivity index (χ4n) is 2.73. The van der Waals surface area contributed by atoms with E-state index in [1.54, 1.807) is 0 Å². The second-order valence-corrected chi connectivity index (χ2v) is 5.31. The second kappa shape index (κ2) is 5.93. The van der Waals surface area contributed by atoms with E-state index in [2.05, 4.69) is 47.7 Å². The molecule has 0 aliphatic heterocycles. The van der Waals surface area contributed by atoms with E-state index in [4.69, 9.17) is 0 Å². The van der Waals surface area contributed by atoms with E-state index in [0.717, 1.165) is 28.2 Å². The van der Waals surface area contributed by atoms with Crippen LogP contribution in [0.5, 0.6) is 0 Å². The van der Waals surface area contributed by atoms with Crippen molar-refractivity contribution in [2.24, 2.45) is 0 Å². The molecule has 0 spiro atoms. The Labute approximate surface area is 135 Å². The number of rotatable bonds is 3. The minimum Gasteiger partial charge on any atom is -0.289 e. The van der Waals surface area contributed by atoms with Crippen molar-refractivity contribution in [1.29, 1.82) is 0 Å². The quantitative estimate of drug-likeness (QED) is 0.519. The zero-order valence-corrected chi connectivity index (χ0v) is 12.6. The Hall–Kier alpha value is -3.13. The summed E-state index contributed by atoms with van der Waals surface area (Å²) < 4.78 is 2.03. The maximum absolute atomic E-state index is 4.58. The molecule has 0 bridgehead atoms. The Morgan fingerprint density at radius 3 is 1.74 bits per heavy atom. The van der Waals surface area contributed by atoms with Gasteiger partial charge >= 0.3 is 0 Å². The Balaban J connectivity index is 1.97.